The van der Waals surface area contributed by atoms with Crippen LogP contribution in [-0.4, -0.2) is 15.9 Å². The summed E-state index contributed by atoms with van der Waals surface area (Å²) in [7, 11) is 0. The van der Waals surface area contributed by atoms with E-state index in [-0.39, 0.29) is 11.9 Å². The summed E-state index contributed by atoms with van der Waals surface area (Å²) < 4.78 is 21.2. The monoisotopic (exact) mass is 291 g/mol. The molecule has 0 spiro atoms. The summed E-state index contributed by atoms with van der Waals surface area (Å²) in [6, 6.07) is 4.96. The van der Waals surface area contributed by atoms with Crippen LogP contribution in [0.25, 0.3) is 5.69 Å². The van der Waals surface area contributed by atoms with Crippen molar-refractivity contribution < 1.29 is 9.13 Å². The first-order valence-corrected chi connectivity index (χ1v) is 7.30. The molecule has 0 amide bonds. The lowest BCUT2D eigenvalue weighted by molar-refractivity contribution is 0.231. The molecule has 1 aromatic heterocycles. The number of anilines is 1. The van der Waals surface area contributed by atoms with Crippen LogP contribution in [0.1, 0.15) is 39.1 Å². The van der Waals surface area contributed by atoms with Crippen molar-refractivity contribution in [3.8, 4) is 11.4 Å². The second-order valence-corrected chi connectivity index (χ2v) is 5.25. The fourth-order valence-corrected chi connectivity index (χ4v) is 2.19. The number of hydrogen-bond acceptors (Lipinski definition) is 3. The molecule has 2 rings (SSSR count). The van der Waals surface area contributed by atoms with E-state index in [0.29, 0.717) is 11.4 Å². The fourth-order valence-electron chi connectivity index (χ4n) is 2.19. The van der Waals surface area contributed by atoms with E-state index in [1.54, 1.807) is 10.7 Å². The smallest absolute Gasteiger partial charge is 0.167 e. The van der Waals surface area contributed by atoms with Gasteiger partial charge in [-0.1, -0.05) is 13.8 Å². The first-order valence-electron chi connectivity index (χ1n) is 7.30. The Morgan fingerprint density at radius 3 is 2.52 bits per heavy atom. The van der Waals surface area contributed by atoms with Crippen molar-refractivity contribution in [2.45, 2.75) is 46.6 Å². The third-order valence-electron chi connectivity index (χ3n) is 3.23. The maximum atomic E-state index is 13.9. The molecule has 5 heteroatoms. The van der Waals surface area contributed by atoms with Gasteiger partial charge in [-0.15, -0.1) is 0 Å². The molecule has 0 aliphatic heterocycles. The van der Waals surface area contributed by atoms with E-state index < -0.39 is 5.82 Å². The Kier molecular flexibility index (Phi) is 4.50. The number of ether oxygens (including phenoxy) is 1. The highest BCUT2D eigenvalue weighted by Crippen LogP contribution is 2.29. The maximum Gasteiger partial charge on any atom is 0.167 e. The van der Waals surface area contributed by atoms with Gasteiger partial charge in [0.1, 0.15) is 0 Å². The minimum absolute atomic E-state index is 0.106. The Morgan fingerprint density at radius 1 is 1.24 bits per heavy atom. The van der Waals surface area contributed by atoms with E-state index in [1.807, 2.05) is 26.8 Å². The zero-order chi connectivity index (χ0) is 15.6. The van der Waals surface area contributed by atoms with Gasteiger partial charge in [0, 0.05) is 17.8 Å². The minimum atomic E-state index is -0.453. The van der Waals surface area contributed by atoms with Crippen LogP contribution >= 0.6 is 0 Å². The van der Waals surface area contributed by atoms with Crippen LogP contribution in [0.3, 0.4) is 0 Å². The number of nitrogens with two attached hydrogens (primary N) is 1. The summed E-state index contributed by atoms with van der Waals surface area (Å²) in [5.74, 6) is -0.254. The molecule has 114 valence electrons. The SMILES string of the molecule is CCc1cc(CC)n(-c2cc(OC(C)C)c(F)cc2N)n1. The molecule has 0 fully saturated rings. The highest BCUT2D eigenvalue weighted by atomic mass is 19.1. The zero-order valence-electron chi connectivity index (χ0n) is 13.0. The topological polar surface area (TPSA) is 53.1 Å². The molecule has 0 atom stereocenters. The molecule has 1 heterocycles. The summed E-state index contributed by atoms with van der Waals surface area (Å²) in [6.07, 6.45) is 1.56. The van der Waals surface area contributed by atoms with Crippen molar-refractivity contribution in [3.63, 3.8) is 0 Å². The Balaban J connectivity index is 2.55. The van der Waals surface area contributed by atoms with Crippen LogP contribution in [0, 0.1) is 5.82 Å². The number of aromatic nitrogens is 2. The summed E-state index contributed by atoms with van der Waals surface area (Å²) in [6.45, 7) is 7.82. The third-order valence-corrected chi connectivity index (χ3v) is 3.23. The highest BCUT2D eigenvalue weighted by molar-refractivity contribution is 5.61. The summed E-state index contributed by atoms with van der Waals surface area (Å²) in [5, 5.41) is 4.54. The van der Waals surface area contributed by atoms with Crippen molar-refractivity contribution in [2.24, 2.45) is 0 Å². The van der Waals surface area contributed by atoms with Crippen LogP contribution in [0.2, 0.25) is 0 Å². The van der Waals surface area contributed by atoms with E-state index in [2.05, 4.69) is 12.0 Å². The molecule has 2 N–H and O–H groups in total. The lowest BCUT2D eigenvalue weighted by Crippen LogP contribution is -2.10. The summed E-state index contributed by atoms with van der Waals surface area (Å²) in [4.78, 5) is 0. The molecule has 2 aromatic rings. The molecule has 0 radical (unpaired) electrons. The van der Waals surface area contributed by atoms with E-state index in [4.69, 9.17) is 10.5 Å². The molecular formula is C16H22FN3O. The lowest BCUT2D eigenvalue weighted by Gasteiger charge is -2.15. The standard InChI is InChI=1S/C16H22FN3O/c1-5-11-7-12(6-2)20(19-11)15-9-16(21-10(3)4)13(17)8-14(15)18/h7-10H,5-6,18H2,1-4H3. The van der Waals surface area contributed by atoms with Crippen LogP contribution in [-0.2, 0) is 12.8 Å². The zero-order valence-corrected chi connectivity index (χ0v) is 13.0. The van der Waals surface area contributed by atoms with Crippen molar-refractivity contribution in [1.29, 1.82) is 0 Å². The molecule has 0 aliphatic carbocycles. The van der Waals surface area contributed by atoms with Gasteiger partial charge in [0.25, 0.3) is 0 Å². The normalized spacial score (nSPS) is 11.1. The molecule has 0 bridgehead atoms. The molecule has 1 aromatic carbocycles. The van der Waals surface area contributed by atoms with E-state index in [0.717, 1.165) is 24.2 Å². The number of nitrogen functional groups attached to an aromatic ring is 1. The van der Waals surface area contributed by atoms with Gasteiger partial charge < -0.3 is 10.5 Å². The highest BCUT2D eigenvalue weighted by Gasteiger charge is 2.15. The largest absolute Gasteiger partial charge is 0.488 e. The number of halogens is 1. The van der Waals surface area contributed by atoms with Crippen LogP contribution in [0.15, 0.2) is 18.2 Å². The van der Waals surface area contributed by atoms with E-state index in [1.165, 1.54) is 6.07 Å². The molecule has 0 unspecified atom stereocenters. The average Bonchev–Trinajstić information content (AvgIpc) is 2.84. The van der Waals surface area contributed by atoms with Gasteiger partial charge in [-0.25, -0.2) is 9.07 Å². The van der Waals surface area contributed by atoms with E-state index in [9.17, 15) is 4.39 Å². The van der Waals surface area contributed by atoms with Gasteiger partial charge >= 0.3 is 0 Å². The molecule has 0 saturated heterocycles. The first kappa shape index (κ1) is 15.4. The molecular weight excluding hydrogens is 269 g/mol. The fraction of sp³-hybridized carbons (Fsp3) is 0.438. The second-order valence-electron chi connectivity index (χ2n) is 5.25. The van der Waals surface area contributed by atoms with Crippen molar-refractivity contribution in [1.82, 2.24) is 9.78 Å². The molecule has 21 heavy (non-hydrogen) atoms. The Labute approximate surface area is 124 Å². The minimum Gasteiger partial charge on any atom is -0.488 e. The molecule has 0 saturated carbocycles. The van der Waals surface area contributed by atoms with E-state index >= 15 is 0 Å². The number of aryl methyl sites for hydroxylation is 2. The number of rotatable bonds is 5. The number of benzene rings is 1. The van der Waals surface area contributed by atoms with Crippen molar-refractivity contribution >= 4 is 5.69 Å². The van der Waals surface area contributed by atoms with Gasteiger partial charge in [-0.3, -0.25) is 0 Å². The molecule has 4 nitrogen and oxygen atoms in total. The number of hydrogen-bond donors (Lipinski definition) is 1. The Morgan fingerprint density at radius 2 is 1.95 bits per heavy atom. The van der Waals surface area contributed by atoms with Gasteiger partial charge in [-0.05, 0) is 32.8 Å². The maximum absolute atomic E-state index is 13.9. The Bertz CT molecular complexity index is 635. The van der Waals surface area contributed by atoms with Gasteiger partial charge in [-0.2, -0.15) is 5.10 Å². The van der Waals surface area contributed by atoms with Crippen LogP contribution in [0.5, 0.6) is 5.75 Å². The van der Waals surface area contributed by atoms with Gasteiger partial charge in [0.15, 0.2) is 11.6 Å². The van der Waals surface area contributed by atoms with Gasteiger partial charge in [0.05, 0.1) is 23.2 Å². The summed E-state index contributed by atoms with van der Waals surface area (Å²) >= 11 is 0. The van der Waals surface area contributed by atoms with Crippen LogP contribution < -0.4 is 10.5 Å². The average molecular weight is 291 g/mol. The third kappa shape index (κ3) is 3.17. The lowest BCUT2D eigenvalue weighted by atomic mass is 10.2. The number of nitrogens with zero attached hydrogens (tertiary/aromatic N) is 2. The Hall–Kier alpha value is -2.04. The molecule has 0 aliphatic rings. The predicted molar refractivity (Wildman–Crippen MR) is 82.5 cm³/mol. The first-order chi connectivity index (χ1) is 9.96. The van der Waals surface area contributed by atoms with Gasteiger partial charge in [0.2, 0.25) is 0 Å². The predicted octanol–water partition coefficient (Wildman–Crippen LogP) is 3.51. The second kappa shape index (κ2) is 6.16. The van der Waals surface area contributed by atoms with Crippen LogP contribution in [0.4, 0.5) is 10.1 Å². The quantitative estimate of drug-likeness (QED) is 0.858. The summed E-state index contributed by atoms with van der Waals surface area (Å²) in [5.41, 5.74) is 9.01. The van der Waals surface area contributed by atoms with Crippen molar-refractivity contribution in [2.75, 3.05) is 5.73 Å². The van der Waals surface area contributed by atoms with Crippen molar-refractivity contribution in [3.05, 3.63) is 35.4 Å².